The maximum Gasteiger partial charge on any atom is 0.200 e. The fourth-order valence-electron chi connectivity index (χ4n) is 3.65. The minimum atomic E-state index is 0.469. The molecule has 0 unspecified atom stereocenters. The number of anilines is 1. The van der Waals surface area contributed by atoms with Gasteiger partial charge in [0.1, 0.15) is 0 Å². The molecule has 5 rings (SSSR count). The molecule has 1 aromatic carbocycles. The molecule has 0 saturated carbocycles. The molecule has 0 saturated heterocycles. The van der Waals surface area contributed by atoms with Gasteiger partial charge in [-0.2, -0.15) is 0 Å². The average molecular weight is 392 g/mol. The quantitative estimate of drug-likeness (QED) is 0.402. The van der Waals surface area contributed by atoms with Crippen LogP contribution in [-0.2, 0) is 32.7 Å². The molecule has 2 aliphatic heterocycles. The van der Waals surface area contributed by atoms with E-state index in [0.29, 0.717) is 11.9 Å². The maximum atomic E-state index is 8.48. The third-order valence-corrected chi connectivity index (χ3v) is 5.11. The summed E-state index contributed by atoms with van der Waals surface area (Å²) in [6, 6.07) is 10.4. The second kappa shape index (κ2) is 8.78. The van der Waals surface area contributed by atoms with E-state index in [-0.39, 0.29) is 0 Å². The molecule has 10 nitrogen and oxygen atoms in total. The lowest BCUT2D eigenvalue weighted by molar-refractivity contribution is 0.214. The molecule has 3 aromatic rings. The summed E-state index contributed by atoms with van der Waals surface area (Å²) in [5.41, 5.74) is 17.7. The zero-order valence-corrected chi connectivity index (χ0v) is 16.1. The number of hydrogen-bond acceptors (Lipinski definition) is 6. The average Bonchev–Trinajstić information content (AvgIpc) is 3.33. The summed E-state index contributed by atoms with van der Waals surface area (Å²) in [6.07, 6.45) is 3.61. The molecule has 150 valence electrons. The van der Waals surface area contributed by atoms with Gasteiger partial charge in [-0.1, -0.05) is 30.3 Å². The third-order valence-electron chi connectivity index (χ3n) is 5.11. The molecule has 0 atom stereocenters. The molecular weight excluding hydrogens is 368 g/mol. The van der Waals surface area contributed by atoms with Crippen LogP contribution in [0.4, 0.5) is 11.9 Å². The SMILES string of the molecule is Nc1ncc2n1CCNC2.[N-]=[N+]=Nc1ncc2n1CCN(Cc1ccccc1)C2. The van der Waals surface area contributed by atoms with Gasteiger partial charge in [0.15, 0.2) is 11.9 Å². The number of rotatable bonds is 3. The van der Waals surface area contributed by atoms with Crippen LogP contribution in [0.5, 0.6) is 0 Å². The van der Waals surface area contributed by atoms with Crippen molar-refractivity contribution in [1.29, 1.82) is 0 Å². The van der Waals surface area contributed by atoms with E-state index in [9.17, 15) is 0 Å². The first-order valence-electron chi connectivity index (χ1n) is 9.61. The fourth-order valence-corrected chi connectivity index (χ4v) is 3.65. The van der Waals surface area contributed by atoms with Crippen molar-refractivity contribution >= 4 is 11.9 Å². The number of nitrogen functional groups attached to an aromatic ring is 1. The molecule has 0 fully saturated rings. The van der Waals surface area contributed by atoms with Crippen LogP contribution in [0.3, 0.4) is 0 Å². The van der Waals surface area contributed by atoms with Gasteiger partial charge in [0.25, 0.3) is 0 Å². The molecule has 0 radical (unpaired) electrons. The molecule has 0 spiro atoms. The lowest BCUT2D eigenvalue weighted by atomic mass is 10.2. The van der Waals surface area contributed by atoms with Crippen molar-refractivity contribution in [3.8, 4) is 0 Å². The maximum absolute atomic E-state index is 8.48. The lowest BCUT2D eigenvalue weighted by Crippen LogP contribution is -2.32. The highest BCUT2D eigenvalue weighted by Crippen LogP contribution is 2.21. The Morgan fingerprint density at radius 1 is 1.07 bits per heavy atom. The van der Waals surface area contributed by atoms with Gasteiger partial charge >= 0.3 is 0 Å². The van der Waals surface area contributed by atoms with E-state index in [1.54, 1.807) is 6.20 Å². The van der Waals surface area contributed by atoms with Crippen molar-refractivity contribution in [2.75, 3.05) is 18.8 Å². The number of benzene rings is 1. The summed E-state index contributed by atoms with van der Waals surface area (Å²) in [4.78, 5) is 13.3. The van der Waals surface area contributed by atoms with Crippen LogP contribution in [0.1, 0.15) is 17.0 Å². The van der Waals surface area contributed by atoms with E-state index >= 15 is 0 Å². The van der Waals surface area contributed by atoms with Crippen molar-refractivity contribution in [1.82, 2.24) is 29.3 Å². The van der Waals surface area contributed by atoms with Crippen LogP contribution in [0, 0.1) is 0 Å². The van der Waals surface area contributed by atoms with Crippen LogP contribution >= 0.6 is 0 Å². The van der Waals surface area contributed by atoms with Crippen LogP contribution < -0.4 is 11.1 Å². The standard InChI is InChI=1S/C13H14N6.C6H10N4/c14-17-16-13-15-8-12-10-18(6-7-19(12)13)9-11-4-2-1-3-5-11;7-6-9-4-5-3-8-1-2-10(5)6/h1-5,8H,6-7,9-10H2;4,8H,1-3H2,(H2,7,9). The van der Waals surface area contributed by atoms with Gasteiger partial charge in [-0.25, -0.2) is 9.97 Å². The molecule has 3 N–H and O–H groups in total. The Bertz CT molecular complexity index is 999. The number of nitrogens with one attached hydrogen (secondary N) is 1. The number of imidazole rings is 2. The number of aromatic nitrogens is 4. The van der Waals surface area contributed by atoms with Crippen molar-refractivity contribution < 1.29 is 0 Å². The molecule has 0 amide bonds. The van der Waals surface area contributed by atoms with Crippen LogP contribution in [0.25, 0.3) is 10.4 Å². The van der Waals surface area contributed by atoms with Crippen LogP contribution in [0.15, 0.2) is 47.8 Å². The first-order chi connectivity index (χ1) is 14.2. The zero-order chi connectivity index (χ0) is 20.1. The summed E-state index contributed by atoms with van der Waals surface area (Å²) in [6.45, 7) is 6.35. The Hall–Kier alpha value is -3.33. The summed E-state index contributed by atoms with van der Waals surface area (Å²) in [7, 11) is 0. The number of nitrogens with zero attached hydrogens (tertiary/aromatic N) is 8. The Labute approximate surface area is 168 Å². The third kappa shape index (κ3) is 4.40. The molecular formula is C19H24N10. The first kappa shape index (κ1) is 19.0. The number of azide groups is 1. The first-order valence-corrected chi connectivity index (χ1v) is 9.61. The van der Waals surface area contributed by atoms with Gasteiger partial charge in [0.2, 0.25) is 0 Å². The van der Waals surface area contributed by atoms with E-state index in [1.165, 1.54) is 11.3 Å². The van der Waals surface area contributed by atoms with Gasteiger partial charge in [-0.05, 0) is 16.2 Å². The van der Waals surface area contributed by atoms with E-state index < -0.39 is 0 Å². The van der Waals surface area contributed by atoms with Crippen molar-refractivity contribution in [3.63, 3.8) is 0 Å². The van der Waals surface area contributed by atoms with Gasteiger partial charge in [0.05, 0.1) is 17.6 Å². The van der Waals surface area contributed by atoms with Crippen LogP contribution in [0.2, 0.25) is 0 Å². The second-order valence-corrected chi connectivity index (χ2v) is 7.02. The smallest absolute Gasteiger partial charge is 0.200 e. The molecule has 10 heteroatoms. The Balaban J connectivity index is 0.000000171. The van der Waals surface area contributed by atoms with Crippen molar-refractivity contribution in [3.05, 3.63) is 70.1 Å². The predicted molar refractivity (Wildman–Crippen MR) is 110 cm³/mol. The number of hydrogen-bond donors (Lipinski definition) is 2. The van der Waals surface area contributed by atoms with Crippen LogP contribution in [-0.4, -0.2) is 37.1 Å². The Morgan fingerprint density at radius 2 is 1.90 bits per heavy atom. The van der Waals surface area contributed by atoms with Crippen molar-refractivity contribution in [2.45, 2.75) is 32.7 Å². The zero-order valence-electron chi connectivity index (χ0n) is 16.1. The Kier molecular flexibility index (Phi) is 5.76. The topological polar surface area (TPSA) is 126 Å². The molecule has 2 aromatic heterocycles. The van der Waals surface area contributed by atoms with Gasteiger partial charge < -0.3 is 20.2 Å². The highest BCUT2D eigenvalue weighted by molar-refractivity contribution is 5.24. The van der Waals surface area contributed by atoms with E-state index in [2.05, 4.69) is 54.5 Å². The molecule has 0 bridgehead atoms. The summed E-state index contributed by atoms with van der Waals surface area (Å²) in [5.74, 6) is 1.10. The predicted octanol–water partition coefficient (Wildman–Crippen LogP) is 2.41. The minimum absolute atomic E-state index is 0.469. The van der Waals surface area contributed by atoms with E-state index in [0.717, 1.165) is 51.5 Å². The fraction of sp³-hybridized carbons (Fsp3) is 0.368. The molecule has 0 aliphatic carbocycles. The van der Waals surface area contributed by atoms with E-state index in [1.807, 2.05) is 21.4 Å². The number of nitrogens with two attached hydrogens (primary N) is 1. The van der Waals surface area contributed by atoms with Gasteiger partial charge in [0, 0.05) is 56.9 Å². The number of fused-ring (bicyclic) bond motifs is 2. The van der Waals surface area contributed by atoms with Gasteiger partial charge in [-0.15, -0.1) is 0 Å². The summed E-state index contributed by atoms with van der Waals surface area (Å²) < 4.78 is 4.03. The second-order valence-electron chi connectivity index (χ2n) is 7.02. The minimum Gasteiger partial charge on any atom is -0.369 e. The van der Waals surface area contributed by atoms with Gasteiger partial charge in [-0.3, -0.25) is 4.90 Å². The Morgan fingerprint density at radius 3 is 2.69 bits per heavy atom. The highest BCUT2D eigenvalue weighted by Gasteiger charge is 2.18. The molecule has 4 heterocycles. The largest absolute Gasteiger partial charge is 0.369 e. The van der Waals surface area contributed by atoms with E-state index in [4.69, 9.17) is 11.3 Å². The normalized spacial score (nSPS) is 15.4. The summed E-state index contributed by atoms with van der Waals surface area (Å²) in [5, 5.41) is 6.84. The summed E-state index contributed by atoms with van der Waals surface area (Å²) >= 11 is 0. The highest BCUT2D eigenvalue weighted by atomic mass is 15.3. The monoisotopic (exact) mass is 392 g/mol. The lowest BCUT2D eigenvalue weighted by Gasteiger charge is -2.28. The molecule has 2 aliphatic rings. The molecule has 29 heavy (non-hydrogen) atoms. The van der Waals surface area contributed by atoms with Crippen molar-refractivity contribution in [2.24, 2.45) is 5.11 Å².